The molecule has 2 rings (SSSR count). The lowest BCUT2D eigenvalue weighted by atomic mass is 10.0. The fourth-order valence-corrected chi connectivity index (χ4v) is 1.93. The van der Waals surface area contributed by atoms with Gasteiger partial charge in [0.25, 0.3) is 0 Å². The summed E-state index contributed by atoms with van der Waals surface area (Å²) in [5.74, 6) is -2.37. The fraction of sp³-hybridized carbons (Fsp3) is 0.0769. The summed E-state index contributed by atoms with van der Waals surface area (Å²) in [4.78, 5) is 0. The van der Waals surface area contributed by atoms with Gasteiger partial charge in [-0.1, -0.05) is 28.1 Å². The van der Waals surface area contributed by atoms with E-state index in [-0.39, 0.29) is 5.56 Å². The standard InChI is InChI=1S/C13H8BrF3/c14-7-8-4-9(6-10(15)5-8)11-2-1-3-12(16)13(11)17/h1-6H,7H2. The van der Waals surface area contributed by atoms with Crippen molar-refractivity contribution in [2.24, 2.45) is 0 Å². The highest BCUT2D eigenvalue weighted by atomic mass is 79.9. The molecule has 0 spiro atoms. The highest BCUT2D eigenvalue weighted by Crippen LogP contribution is 2.26. The molecule has 0 bridgehead atoms. The van der Waals surface area contributed by atoms with Crippen LogP contribution in [0.5, 0.6) is 0 Å². The maximum Gasteiger partial charge on any atom is 0.166 e. The SMILES string of the molecule is Fc1cc(CBr)cc(-c2cccc(F)c2F)c1. The summed E-state index contributed by atoms with van der Waals surface area (Å²) < 4.78 is 39.9. The molecular formula is C13H8BrF3. The molecule has 0 fully saturated rings. The number of hydrogen-bond acceptors (Lipinski definition) is 0. The lowest BCUT2D eigenvalue weighted by Crippen LogP contribution is -1.91. The van der Waals surface area contributed by atoms with Crippen LogP contribution in [0.2, 0.25) is 0 Å². The second kappa shape index (κ2) is 4.92. The molecule has 0 saturated carbocycles. The van der Waals surface area contributed by atoms with Gasteiger partial charge in [0.05, 0.1) is 0 Å². The van der Waals surface area contributed by atoms with Crippen LogP contribution in [0.15, 0.2) is 36.4 Å². The number of rotatable bonds is 2. The monoisotopic (exact) mass is 300 g/mol. The summed E-state index contributed by atoms with van der Waals surface area (Å²) in [5.41, 5.74) is 1.06. The van der Waals surface area contributed by atoms with Gasteiger partial charge in [0.15, 0.2) is 11.6 Å². The Morgan fingerprint density at radius 3 is 2.47 bits per heavy atom. The van der Waals surface area contributed by atoms with E-state index in [0.717, 1.165) is 6.07 Å². The van der Waals surface area contributed by atoms with Crippen LogP contribution in [0.1, 0.15) is 5.56 Å². The van der Waals surface area contributed by atoms with Gasteiger partial charge in [-0.05, 0) is 35.4 Å². The van der Waals surface area contributed by atoms with Gasteiger partial charge in [0.1, 0.15) is 5.82 Å². The van der Waals surface area contributed by atoms with Crippen LogP contribution in [-0.4, -0.2) is 0 Å². The zero-order valence-corrected chi connectivity index (χ0v) is 10.3. The van der Waals surface area contributed by atoms with E-state index in [1.807, 2.05) is 0 Å². The molecule has 0 N–H and O–H groups in total. The van der Waals surface area contributed by atoms with Crippen molar-refractivity contribution >= 4 is 15.9 Å². The Balaban J connectivity index is 2.60. The van der Waals surface area contributed by atoms with Gasteiger partial charge in [-0.15, -0.1) is 0 Å². The molecule has 0 unspecified atom stereocenters. The summed E-state index contributed by atoms with van der Waals surface area (Å²) >= 11 is 3.20. The van der Waals surface area contributed by atoms with Crippen LogP contribution in [-0.2, 0) is 5.33 Å². The van der Waals surface area contributed by atoms with E-state index in [9.17, 15) is 13.2 Å². The average molecular weight is 301 g/mol. The van der Waals surface area contributed by atoms with Gasteiger partial charge in [-0.25, -0.2) is 13.2 Å². The van der Waals surface area contributed by atoms with Crippen molar-refractivity contribution in [1.29, 1.82) is 0 Å². The van der Waals surface area contributed by atoms with Gasteiger partial charge in [0, 0.05) is 10.9 Å². The van der Waals surface area contributed by atoms with Crippen molar-refractivity contribution in [3.05, 3.63) is 59.4 Å². The number of hydrogen-bond donors (Lipinski definition) is 0. The smallest absolute Gasteiger partial charge is 0.166 e. The van der Waals surface area contributed by atoms with E-state index in [1.54, 1.807) is 6.07 Å². The van der Waals surface area contributed by atoms with Gasteiger partial charge in [-0.2, -0.15) is 0 Å². The van der Waals surface area contributed by atoms with Crippen molar-refractivity contribution < 1.29 is 13.2 Å². The summed E-state index contributed by atoms with van der Waals surface area (Å²) in [6, 6.07) is 8.00. The molecule has 0 heterocycles. The Kier molecular flexibility index (Phi) is 3.52. The van der Waals surface area contributed by atoms with Crippen LogP contribution in [0.25, 0.3) is 11.1 Å². The van der Waals surface area contributed by atoms with Crippen LogP contribution in [0, 0.1) is 17.5 Å². The average Bonchev–Trinajstić information content (AvgIpc) is 2.31. The first-order valence-corrected chi connectivity index (χ1v) is 6.04. The molecule has 0 atom stereocenters. The predicted molar refractivity (Wildman–Crippen MR) is 64.4 cm³/mol. The molecule has 2 aromatic rings. The number of benzene rings is 2. The molecule has 0 nitrogen and oxygen atoms in total. The molecule has 0 aliphatic heterocycles. The minimum atomic E-state index is -0.960. The molecule has 0 amide bonds. The van der Waals surface area contributed by atoms with Gasteiger partial charge in [-0.3, -0.25) is 0 Å². The van der Waals surface area contributed by atoms with E-state index in [2.05, 4.69) is 15.9 Å². The number of halogens is 4. The second-order valence-corrected chi connectivity index (χ2v) is 4.14. The third-order valence-electron chi connectivity index (χ3n) is 2.37. The van der Waals surface area contributed by atoms with E-state index in [0.29, 0.717) is 16.5 Å². The van der Waals surface area contributed by atoms with Gasteiger partial charge in [0.2, 0.25) is 0 Å². The Morgan fingerprint density at radius 1 is 1.00 bits per heavy atom. The third kappa shape index (κ3) is 2.52. The van der Waals surface area contributed by atoms with Crippen molar-refractivity contribution in [3.8, 4) is 11.1 Å². The van der Waals surface area contributed by atoms with Crippen molar-refractivity contribution in [1.82, 2.24) is 0 Å². The summed E-state index contributed by atoms with van der Waals surface area (Å²) in [7, 11) is 0. The lowest BCUT2D eigenvalue weighted by Gasteiger charge is -2.06. The summed E-state index contributed by atoms with van der Waals surface area (Å²) in [5, 5.41) is 0.453. The summed E-state index contributed by atoms with van der Waals surface area (Å²) in [6.07, 6.45) is 0. The maximum atomic E-state index is 13.5. The van der Waals surface area contributed by atoms with Crippen LogP contribution < -0.4 is 0 Å². The maximum absolute atomic E-state index is 13.5. The zero-order valence-electron chi connectivity index (χ0n) is 8.68. The molecule has 2 aromatic carbocycles. The Hall–Kier alpha value is -1.29. The van der Waals surface area contributed by atoms with Crippen LogP contribution >= 0.6 is 15.9 Å². The van der Waals surface area contributed by atoms with E-state index >= 15 is 0 Å². The van der Waals surface area contributed by atoms with E-state index in [4.69, 9.17) is 0 Å². The normalized spacial score (nSPS) is 10.6. The molecule has 0 aliphatic carbocycles. The quantitative estimate of drug-likeness (QED) is 0.707. The van der Waals surface area contributed by atoms with Crippen molar-refractivity contribution in [2.45, 2.75) is 5.33 Å². The first-order chi connectivity index (χ1) is 8.11. The first kappa shape index (κ1) is 12.2. The number of alkyl halides is 1. The molecule has 17 heavy (non-hydrogen) atoms. The minimum Gasteiger partial charge on any atom is -0.207 e. The van der Waals surface area contributed by atoms with E-state index in [1.165, 1.54) is 24.3 Å². The molecule has 0 aliphatic rings. The highest BCUT2D eigenvalue weighted by Gasteiger charge is 2.11. The third-order valence-corrected chi connectivity index (χ3v) is 3.02. The van der Waals surface area contributed by atoms with Crippen molar-refractivity contribution in [3.63, 3.8) is 0 Å². The van der Waals surface area contributed by atoms with Crippen LogP contribution in [0.3, 0.4) is 0 Å². The van der Waals surface area contributed by atoms with Gasteiger partial charge >= 0.3 is 0 Å². The predicted octanol–water partition coefficient (Wildman–Crippen LogP) is 4.67. The topological polar surface area (TPSA) is 0 Å². The lowest BCUT2D eigenvalue weighted by molar-refractivity contribution is 0.511. The van der Waals surface area contributed by atoms with Crippen LogP contribution in [0.4, 0.5) is 13.2 Å². The molecule has 0 aromatic heterocycles. The Bertz CT molecular complexity index is 552. The van der Waals surface area contributed by atoms with E-state index < -0.39 is 17.5 Å². The Labute approximate surface area is 105 Å². The Morgan fingerprint density at radius 2 is 1.76 bits per heavy atom. The molecule has 0 saturated heterocycles. The minimum absolute atomic E-state index is 0.0618. The molecule has 88 valence electrons. The molecular weight excluding hydrogens is 293 g/mol. The zero-order chi connectivity index (χ0) is 12.4. The second-order valence-electron chi connectivity index (χ2n) is 3.58. The molecule has 0 radical (unpaired) electrons. The first-order valence-electron chi connectivity index (χ1n) is 4.91. The summed E-state index contributed by atoms with van der Waals surface area (Å²) in [6.45, 7) is 0. The highest BCUT2D eigenvalue weighted by molar-refractivity contribution is 9.08. The van der Waals surface area contributed by atoms with Crippen molar-refractivity contribution in [2.75, 3.05) is 0 Å². The fourth-order valence-electron chi connectivity index (χ4n) is 1.61. The molecule has 4 heteroatoms. The largest absolute Gasteiger partial charge is 0.207 e. The van der Waals surface area contributed by atoms with Gasteiger partial charge < -0.3 is 0 Å².